The van der Waals surface area contributed by atoms with Gasteiger partial charge in [-0.2, -0.15) is 0 Å². The van der Waals surface area contributed by atoms with Crippen molar-refractivity contribution in [1.82, 2.24) is 20.1 Å². The molecule has 34 heavy (non-hydrogen) atoms. The molecule has 1 unspecified atom stereocenters. The Labute approximate surface area is 224 Å². The molecule has 0 aliphatic carbocycles. The number of nitrogens with two attached hydrogens (primary N) is 1. The van der Waals surface area contributed by atoms with Crippen LogP contribution in [0.5, 0.6) is 0 Å². The van der Waals surface area contributed by atoms with Crippen LogP contribution in [-0.2, 0) is 19.1 Å². The number of allylic oxidation sites excluding steroid dienone is 1. The number of nitrogens with zero attached hydrogens (tertiary/aromatic N) is 4. The Hall–Kier alpha value is -2.59. The third kappa shape index (κ3) is 5.72. The summed E-state index contributed by atoms with van der Waals surface area (Å²) in [6, 6.07) is -1.05. The van der Waals surface area contributed by atoms with Crippen LogP contribution in [0, 0.1) is 0 Å². The number of amides is 3. The van der Waals surface area contributed by atoms with E-state index in [1.165, 1.54) is 48.3 Å². The zero-order chi connectivity index (χ0) is 24.3. The normalized spacial score (nSPS) is 19.8. The fourth-order valence-corrected chi connectivity index (χ4v) is 4.88. The van der Waals surface area contributed by atoms with Gasteiger partial charge in [-0.1, -0.05) is 11.2 Å². The number of rotatable bonds is 7. The van der Waals surface area contributed by atoms with E-state index in [-0.39, 0.29) is 58.4 Å². The van der Waals surface area contributed by atoms with E-state index >= 15 is 0 Å². The second kappa shape index (κ2) is 11.7. The average molecular weight is 519 g/mol. The standard InChI is InChI=1S/C18H20N6O7S2.Na/c1-23(2)18(29)31-5-3-4-8-6-32-15-11(14(26)24(15)12(8)16(27)28)21-13(25)10(22-30)9-7-33-17(19)20-9;/h3-4,7,11,15,30H,5-6H2,1-2H3,(H2,19,20)(H,21,25)(H,27,28);/q;+1/p-1/b4-3-,22-10-;/t11?,15-;/m1./s1. The van der Waals surface area contributed by atoms with Gasteiger partial charge >= 0.3 is 35.7 Å². The first-order valence-electron chi connectivity index (χ1n) is 9.29. The van der Waals surface area contributed by atoms with Crippen LogP contribution in [0.4, 0.5) is 9.93 Å². The molecule has 0 aromatic carbocycles. The summed E-state index contributed by atoms with van der Waals surface area (Å²) in [4.78, 5) is 54.5. The van der Waals surface area contributed by atoms with Gasteiger partial charge < -0.3 is 35.8 Å². The van der Waals surface area contributed by atoms with Gasteiger partial charge in [-0.3, -0.25) is 14.5 Å². The van der Waals surface area contributed by atoms with E-state index in [0.29, 0.717) is 5.57 Å². The topological polar surface area (TPSA) is 191 Å². The number of fused-ring (bicyclic) bond motifs is 1. The zero-order valence-corrected chi connectivity index (χ0v) is 22.0. The molecular formula is C18H19N6NaO7S2. The van der Waals surface area contributed by atoms with Crippen LogP contribution in [0.25, 0.3) is 0 Å². The van der Waals surface area contributed by atoms with Crippen LogP contribution < -0.4 is 45.7 Å². The molecular weight excluding hydrogens is 499 g/mol. The Morgan fingerprint density at radius 3 is 2.74 bits per heavy atom. The maximum atomic E-state index is 12.7. The number of carboxylic acid groups (broad SMARTS) is 1. The first-order chi connectivity index (χ1) is 15.6. The molecule has 16 heteroatoms. The van der Waals surface area contributed by atoms with Crippen LogP contribution in [0.3, 0.4) is 0 Å². The number of hydrogen-bond donors (Lipinski definition) is 3. The molecule has 2 atom stereocenters. The number of thiazole rings is 1. The maximum absolute atomic E-state index is 12.7. The molecule has 1 aromatic rings. The van der Waals surface area contributed by atoms with E-state index in [2.05, 4.69) is 15.5 Å². The van der Waals surface area contributed by atoms with Crippen LogP contribution in [-0.4, -0.2) is 87.5 Å². The number of carboxylic acids is 1. The van der Waals surface area contributed by atoms with Crippen molar-refractivity contribution in [2.75, 3.05) is 32.2 Å². The van der Waals surface area contributed by atoms with Crippen molar-refractivity contribution in [3.05, 3.63) is 34.5 Å². The van der Waals surface area contributed by atoms with Crippen LogP contribution in [0.15, 0.2) is 34.0 Å². The summed E-state index contributed by atoms with van der Waals surface area (Å²) in [5.41, 5.74) is 5.10. The Balaban J connectivity index is 0.00000408. The van der Waals surface area contributed by atoms with Gasteiger partial charge in [0.1, 0.15) is 23.7 Å². The van der Waals surface area contributed by atoms with Gasteiger partial charge in [0, 0.05) is 25.2 Å². The summed E-state index contributed by atoms with van der Waals surface area (Å²) < 4.78 is 4.94. The van der Waals surface area contributed by atoms with Crippen molar-refractivity contribution in [3.63, 3.8) is 0 Å². The zero-order valence-electron chi connectivity index (χ0n) is 18.4. The Morgan fingerprint density at radius 2 is 2.18 bits per heavy atom. The molecule has 1 aromatic heterocycles. The number of aliphatic carboxylic acids is 1. The van der Waals surface area contributed by atoms with Gasteiger partial charge in [0.25, 0.3) is 11.8 Å². The predicted octanol–water partition coefficient (Wildman–Crippen LogP) is -4.43. The molecule has 176 valence electrons. The quantitative estimate of drug-likeness (QED) is 0.104. The minimum atomic E-state index is -1.56. The van der Waals surface area contributed by atoms with Crippen molar-refractivity contribution in [1.29, 1.82) is 0 Å². The number of anilines is 1. The molecule has 0 saturated carbocycles. The molecule has 2 aliphatic heterocycles. The summed E-state index contributed by atoms with van der Waals surface area (Å²) in [7, 11) is 3.04. The van der Waals surface area contributed by atoms with Crippen molar-refractivity contribution in [2.45, 2.75) is 11.4 Å². The molecule has 0 spiro atoms. The number of thioether (sulfide) groups is 1. The number of carbonyl (C=O) groups is 4. The van der Waals surface area contributed by atoms with Crippen molar-refractivity contribution in [2.24, 2.45) is 5.16 Å². The second-order valence-electron chi connectivity index (χ2n) is 6.92. The Kier molecular flexibility index (Phi) is 9.52. The number of carbonyl (C=O) groups excluding carboxylic acids is 4. The molecule has 3 amide bonds. The molecule has 3 heterocycles. The second-order valence-corrected chi connectivity index (χ2v) is 8.91. The molecule has 0 bridgehead atoms. The fourth-order valence-electron chi connectivity index (χ4n) is 3.02. The first-order valence-corrected chi connectivity index (χ1v) is 11.2. The molecule has 2 aliphatic rings. The van der Waals surface area contributed by atoms with E-state index in [0.717, 1.165) is 16.2 Å². The Bertz CT molecular complexity index is 1090. The van der Waals surface area contributed by atoms with E-state index in [1.54, 1.807) is 0 Å². The van der Waals surface area contributed by atoms with E-state index in [4.69, 9.17) is 10.5 Å². The number of ether oxygens (including phenoxy) is 1. The van der Waals surface area contributed by atoms with E-state index in [1.807, 2.05) is 0 Å². The molecule has 1 saturated heterocycles. The number of nitrogen functional groups attached to an aromatic ring is 1. The van der Waals surface area contributed by atoms with Crippen LogP contribution in [0.1, 0.15) is 5.69 Å². The minimum Gasteiger partial charge on any atom is -0.543 e. The summed E-state index contributed by atoms with van der Waals surface area (Å²) in [5.74, 6) is -2.89. The first kappa shape index (κ1) is 27.7. The van der Waals surface area contributed by atoms with E-state index in [9.17, 15) is 29.5 Å². The maximum Gasteiger partial charge on any atom is 1.00 e. The predicted molar refractivity (Wildman–Crippen MR) is 116 cm³/mol. The van der Waals surface area contributed by atoms with Crippen molar-refractivity contribution in [3.8, 4) is 0 Å². The van der Waals surface area contributed by atoms with Gasteiger partial charge in [0.05, 0.1) is 11.7 Å². The average Bonchev–Trinajstić information content (AvgIpc) is 3.20. The fraction of sp³-hybridized carbons (Fsp3) is 0.333. The van der Waals surface area contributed by atoms with Gasteiger partial charge in [0.2, 0.25) is 0 Å². The number of oxime groups is 1. The third-order valence-electron chi connectivity index (χ3n) is 4.54. The number of nitrogens with one attached hydrogen (secondary N) is 1. The summed E-state index contributed by atoms with van der Waals surface area (Å²) in [5, 5.41) is 27.2. The van der Waals surface area contributed by atoms with E-state index < -0.39 is 41.0 Å². The number of β-lactam (4-membered cyclic amide) rings is 1. The molecule has 1 fully saturated rings. The number of hydrogen-bond acceptors (Lipinski definition) is 12. The van der Waals surface area contributed by atoms with Gasteiger partial charge in [-0.05, 0) is 11.6 Å². The molecule has 0 radical (unpaired) electrons. The molecule has 4 N–H and O–H groups in total. The molecule has 13 nitrogen and oxygen atoms in total. The van der Waals surface area contributed by atoms with Crippen LogP contribution in [0.2, 0.25) is 0 Å². The van der Waals surface area contributed by atoms with Crippen LogP contribution >= 0.6 is 23.1 Å². The molecule has 3 rings (SSSR count). The largest absolute Gasteiger partial charge is 1.00 e. The van der Waals surface area contributed by atoms with Gasteiger partial charge in [-0.15, -0.1) is 23.1 Å². The third-order valence-corrected chi connectivity index (χ3v) is 6.52. The summed E-state index contributed by atoms with van der Waals surface area (Å²) in [6.07, 6.45) is 2.34. The summed E-state index contributed by atoms with van der Waals surface area (Å²) in [6.45, 7) is -0.0913. The van der Waals surface area contributed by atoms with Gasteiger partial charge in [0.15, 0.2) is 10.8 Å². The van der Waals surface area contributed by atoms with Crippen molar-refractivity contribution >= 4 is 57.8 Å². The summed E-state index contributed by atoms with van der Waals surface area (Å²) >= 11 is 2.26. The number of aromatic nitrogens is 1. The smallest absolute Gasteiger partial charge is 0.543 e. The monoisotopic (exact) mass is 518 g/mol. The SMILES string of the molecule is CN(C)C(=O)OC/C=C\C1=C(C(=O)[O-])N2C(=O)C(NC(=O)/C(=N\O)c3csc(N)n3)[C@H]2SC1.[Na+]. The van der Waals surface area contributed by atoms with Crippen molar-refractivity contribution < 1.29 is 63.8 Å². The Morgan fingerprint density at radius 1 is 1.47 bits per heavy atom. The van der Waals surface area contributed by atoms with Gasteiger partial charge in [-0.25, -0.2) is 9.78 Å². The minimum absolute atomic E-state index is 0.